The second kappa shape index (κ2) is 25.4. The zero-order chi connectivity index (χ0) is 13.4. The Balaban J connectivity index is -0.000000152. The zero-order valence-electron chi connectivity index (χ0n) is 13.3. The predicted octanol–water partition coefficient (Wildman–Crippen LogP) is 3.35. The summed E-state index contributed by atoms with van der Waals surface area (Å²) >= 11 is 0. The molecular weight excluding hydrogens is 262 g/mol. The van der Waals surface area contributed by atoms with Crippen LogP contribution in [0.2, 0.25) is 0 Å². The number of hydrogen-bond donors (Lipinski definition) is 0. The van der Waals surface area contributed by atoms with Crippen LogP contribution >= 0.6 is 0 Å². The van der Waals surface area contributed by atoms with Crippen LogP contribution in [0.4, 0.5) is 0 Å². The molecule has 0 bridgehead atoms. The molecule has 0 N–H and O–H groups in total. The van der Waals surface area contributed by atoms with Gasteiger partial charge < -0.3 is 23.6 Å². The summed E-state index contributed by atoms with van der Waals surface area (Å²) in [5.74, 6) is 0. The van der Waals surface area contributed by atoms with Gasteiger partial charge in [-0.1, -0.05) is 27.7 Å². The number of hydrogen-bond acceptors (Lipinski definition) is 2. The van der Waals surface area contributed by atoms with E-state index in [1.165, 1.54) is 39.3 Å². The van der Waals surface area contributed by atoms with Gasteiger partial charge in [-0.05, 0) is 26.2 Å². The van der Waals surface area contributed by atoms with Gasteiger partial charge in [-0.3, -0.25) is 0 Å². The fourth-order valence-electron chi connectivity index (χ4n) is 1.36. The summed E-state index contributed by atoms with van der Waals surface area (Å²) in [6, 6.07) is 0. The molecule has 0 spiro atoms. The first-order chi connectivity index (χ1) is 7.78. The van der Waals surface area contributed by atoms with Crippen LogP contribution in [0.25, 0.3) is 0 Å². The van der Waals surface area contributed by atoms with Crippen molar-refractivity contribution in [3.8, 4) is 0 Å². The third-order valence-corrected chi connectivity index (χ3v) is 2.52. The van der Waals surface area contributed by atoms with Crippen molar-refractivity contribution >= 4 is 0 Å². The molecule has 0 saturated carbocycles. The van der Waals surface area contributed by atoms with E-state index in [1.54, 1.807) is 13.8 Å². The van der Waals surface area contributed by atoms with Crippen molar-refractivity contribution in [3.05, 3.63) is 13.8 Å². The smallest absolute Gasteiger partial charge is 0.346 e. The molecule has 0 fully saturated rings. The van der Waals surface area contributed by atoms with Gasteiger partial charge in [0.05, 0.1) is 0 Å². The fraction of sp³-hybridized carbons (Fsp3) is 0.857. The van der Waals surface area contributed by atoms with Crippen molar-refractivity contribution in [1.29, 1.82) is 0 Å². The molecule has 0 radical (unpaired) electrons. The first-order valence-electron chi connectivity index (χ1n) is 6.64. The Morgan fingerprint density at radius 2 is 0.765 bits per heavy atom. The van der Waals surface area contributed by atoms with Crippen LogP contribution in [0.3, 0.4) is 0 Å². The summed E-state index contributed by atoms with van der Waals surface area (Å²) in [6.07, 6.45) is 0. The molecule has 0 aliphatic rings. The Morgan fingerprint density at radius 1 is 0.588 bits per heavy atom. The molecule has 0 rings (SSSR count). The molecule has 3 heteroatoms. The van der Waals surface area contributed by atoms with Crippen molar-refractivity contribution in [2.24, 2.45) is 0 Å². The van der Waals surface area contributed by atoms with Gasteiger partial charge in [0.1, 0.15) is 0 Å². The molecule has 0 aromatic heterocycles. The van der Waals surface area contributed by atoms with Crippen molar-refractivity contribution in [2.45, 2.75) is 41.5 Å². The van der Waals surface area contributed by atoms with Crippen LogP contribution < -0.4 is 0 Å². The van der Waals surface area contributed by atoms with E-state index in [1.807, 2.05) is 0 Å². The van der Waals surface area contributed by atoms with E-state index in [4.69, 9.17) is 0 Å². The van der Waals surface area contributed by atoms with Crippen LogP contribution in [-0.4, -0.2) is 49.1 Å². The third kappa shape index (κ3) is 19.1. The van der Waals surface area contributed by atoms with Crippen LogP contribution in [0.1, 0.15) is 41.5 Å². The SMILES string of the molecule is CCN(CC)CCN(CC)CC.[CH2-]C.[CH2-]C.[Zn+2]. The average molecular weight is 296 g/mol. The molecule has 0 aliphatic heterocycles. The second-order valence-electron chi connectivity index (χ2n) is 3.05. The first kappa shape index (κ1) is 26.2. The number of rotatable bonds is 7. The molecule has 0 amide bonds. The molecular formula is C14H34N2Zn. The van der Waals surface area contributed by atoms with Crippen molar-refractivity contribution in [2.75, 3.05) is 39.3 Å². The standard InChI is InChI=1S/C10H24N2.2C2H5.Zn/c1-5-11(6-2)9-10-12(7-3)8-4;2*1-2;/h5-10H2,1-4H3;2*1H2,2H3;/q;2*-1;+2. The van der Waals surface area contributed by atoms with E-state index in [0.717, 1.165) is 0 Å². The van der Waals surface area contributed by atoms with E-state index in [-0.39, 0.29) is 19.5 Å². The van der Waals surface area contributed by atoms with Crippen LogP contribution in [-0.2, 0) is 19.5 Å². The van der Waals surface area contributed by atoms with Gasteiger partial charge in [-0.15, -0.1) is 0 Å². The molecule has 0 unspecified atom stereocenters. The molecule has 2 nitrogen and oxygen atoms in total. The average Bonchev–Trinajstić information content (AvgIpc) is 2.40. The monoisotopic (exact) mass is 294 g/mol. The maximum absolute atomic E-state index is 3.25. The quantitative estimate of drug-likeness (QED) is 0.525. The molecule has 17 heavy (non-hydrogen) atoms. The maximum Gasteiger partial charge on any atom is 2.00 e. The van der Waals surface area contributed by atoms with Gasteiger partial charge in [0, 0.05) is 13.1 Å². The molecule has 0 aromatic rings. The minimum atomic E-state index is 0. The summed E-state index contributed by atoms with van der Waals surface area (Å²) in [6.45, 7) is 26.1. The van der Waals surface area contributed by atoms with Crippen LogP contribution in [0.15, 0.2) is 0 Å². The van der Waals surface area contributed by atoms with E-state index < -0.39 is 0 Å². The Morgan fingerprint density at radius 3 is 0.882 bits per heavy atom. The van der Waals surface area contributed by atoms with Crippen molar-refractivity contribution in [3.63, 3.8) is 0 Å². The summed E-state index contributed by atoms with van der Waals surface area (Å²) in [4.78, 5) is 4.94. The van der Waals surface area contributed by atoms with Gasteiger partial charge in [-0.25, -0.2) is 0 Å². The maximum atomic E-state index is 3.25. The van der Waals surface area contributed by atoms with Crippen LogP contribution in [0.5, 0.6) is 0 Å². The van der Waals surface area contributed by atoms with Gasteiger partial charge in [-0.2, -0.15) is 13.8 Å². The minimum absolute atomic E-state index is 0. The van der Waals surface area contributed by atoms with Gasteiger partial charge in [0.15, 0.2) is 0 Å². The van der Waals surface area contributed by atoms with E-state index in [2.05, 4.69) is 51.3 Å². The van der Waals surface area contributed by atoms with Gasteiger partial charge in [0.2, 0.25) is 0 Å². The summed E-state index contributed by atoms with van der Waals surface area (Å²) in [7, 11) is 0. The molecule has 0 saturated heterocycles. The van der Waals surface area contributed by atoms with Crippen molar-refractivity contribution in [1.82, 2.24) is 9.80 Å². The van der Waals surface area contributed by atoms with Crippen LogP contribution in [0, 0.1) is 13.8 Å². The fourth-order valence-corrected chi connectivity index (χ4v) is 1.36. The minimum Gasteiger partial charge on any atom is -0.346 e. The largest absolute Gasteiger partial charge is 2.00 e. The zero-order valence-corrected chi connectivity index (χ0v) is 16.2. The number of nitrogens with zero attached hydrogens (tertiary/aromatic N) is 2. The normalized spacial score (nSPS) is 8.82. The molecule has 0 aliphatic carbocycles. The molecule has 0 atom stereocenters. The predicted molar refractivity (Wildman–Crippen MR) is 77.6 cm³/mol. The topological polar surface area (TPSA) is 6.48 Å². The summed E-state index contributed by atoms with van der Waals surface area (Å²) in [5, 5.41) is 0. The summed E-state index contributed by atoms with van der Waals surface area (Å²) < 4.78 is 0. The van der Waals surface area contributed by atoms with Gasteiger partial charge >= 0.3 is 19.5 Å². The van der Waals surface area contributed by atoms with E-state index in [0.29, 0.717) is 0 Å². The van der Waals surface area contributed by atoms with Gasteiger partial charge in [0.25, 0.3) is 0 Å². The summed E-state index contributed by atoms with van der Waals surface area (Å²) in [5.41, 5.74) is 0. The first-order valence-corrected chi connectivity index (χ1v) is 6.64. The van der Waals surface area contributed by atoms with E-state index in [9.17, 15) is 0 Å². The Bertz CT molecular complexity index is 80.2. The Kier molecular flexibility index (Phi) is 39.1. The second-order valence-corrected chi connectivity index (χ2v) is 3.05. The third-order valence-electron chi connectivity index (χ3n) is 2.52. The number of likely N-dealkylation sites (N-methyl/N-ethyl adjacent to an activating group) is 2. The Labute approximate surface area is 124 Å². The molecule has 0 aromatic carbocycles. The van der Waals surface area contributed by atoms with Crippen molar-refractivity contribution < 1.29 is 19.5 Å². The molecule has 102 valence electrons. The van der Waals surface area contributed by atoms with E-state index >= 15 is 0 Å². The molecule has 0 heterocycles. The Hall–Kier alpha value is 0.543.